The van der Waals surface area contributed by atoms with E-state index >= 15 is 0 Å². The predicted octanol–water partition coefficient (Wildman–Crippen LogP) is 4.25. The van der Waals surface area contributed by atoms with Gasteiger partial charge in [-0.1, -0.05) is 6.07 Å². The highest BCUT2D eigenvalue weighted by Gasteiger charge is 2.33. The van der Waals surface area contributed by atoms with E-state index < -0.39 is 5.95 Å². The summed E-state index contributed by atoms with van der Waals surface area (Å²) in [4.78, 5) is 21.2. The van der Waals surface area contributed by atoms with Gasteiger partial charge in [-0.3, -0.25) is 14.6 Å². The maximum atomic E-state index is 13.7. The summed E-state index contributed by atoms with van der Waals surface area (Å²) < 4.78 is 20.8. The summed E-state index contributed by atoms with van der Waals surface area (Å²) in [5, 5.41) is 16.4. The van der Waals surface area contributed by atoms with E-state index in [2.05, 4.69) is 30.6 Å². The lowest BCUT2D eigenvalue weighted by molar-refractivity contribution is 0.101. The van der Waals surface area contributed by atoms with Crippen molar-refractivity contribution < 1.29 is 12.3 Å². The van der Waals surface area contributed by atoms with Gasteiger partial charge >= 0.3 is 0 Å². The van der Waals surface area contributed by atoms with E-state index in [-0.39, 0.29) is 23.7 Å². The molecule has 0 unspecified atom stereocenters. The zero-order chi connectivity index (χ0) is 21.4. The molecular weight excluding hydrogens is 536 g/mol. The number of halogens is 2. The number of nitrogens with one attached hydrogen (secondary N) is 2. The number of rotatable bonds is 6. The second-order valence-corrected chi connectivity index (χ2v) is 8.40. The first-order chi connectivity index (χ1) is 15.1. The van der Waals surface area contributed by atoms with E-state index in [0.29, 0.717) is 22.1 Å². The van der Waals surface area contributed by atoms with Gasteiger partial charge in [-0.15, -0.1) is 11.3 Å². The van der Waals surface area contributed by atoms with Gasteiger partial charge in [0.2, 0.25) is 5.95 Å². The van der Waals surface area contributed by atoms with Crippen molar-refractivity contribution in [1.82, 2.24) is 29.9 Å². The largest absolute Gasteiger partial charge is 0.317 e. The lowest BCUT2D eigenvalue weighted by atomic mass is 9.90. The molecule has 1 aliphatic rings. The molecule has 9 nitrogen and oxygen atoms in total. The molecule has 2 N–H and O–H groups in total. The number of aromatic nitrogens is 6. The number of amides is 1. The van der Waals surface area contributed by atoms with Gasteiger partial charge in [-0.25, -0.2) is 9.97 Å². The Bertz CT molecular complexity index is 1220. The molecule has 0 aliphatic heterocycles. The molecular formula is C19H15FIN7O2S. The Labute approximate surface area is 193 Å². The Balaban J connectivity index is 1.43. The van der Waals surface area contributed by atoms with E-state index in [0.717, 1.165) is 18.4 Å². The molecule has 1 aliphatic carbocycles. The second kappa shape index (κ2) is 8.43. The Hall–Kier alpha value is -2.71. The maximum Gasteiger partial charge on any atom is 0.275 e. The lowest BCUT2D eigenvalue weighted by Gasteiger charge is -2.33. The van der Waals surface area contributed by atoms with Crippen LogP contribution in [0, 0.1) is 5.95 Å². The van der Waals surface area contributed by atoms with Crippen LogP contribution in [0.25, 0.3) is 22.0 Å². The number of nitrogens with zero attached hydrogens (tertiary/aromatic N) is 5. The molecule has 4 heterocycles. The number of thiazole rings is 1. The number of anilines is 1. The quantitative estimate of drug-likeness (QED) is 0.274. The highest BCUT2D eigenvalue weighted by Crippen LogP contribution is 2.37. The van der Waals surface area contributed by atoms with Gasteiger partial charge in [0.25, 0.3) is 5.91 Å². The summed E-state index contributed by atoms with van der Waals surface area (Å²) in [6.07, 6.45) is 6.91. The first-order valence-electron chi connectivity index (χ1n) is 9.36. The van der Waals surface area contributed by atoms with Crippen molar-refractivity contribution in [2.24, 2.45) is 0 Å². The minimum atomic E-state index is -0.615. The van der Waals surface area contributed by atoms with Crippen LogP contribution in [-0.2, 0) is 3.07 Å². The molecule has 0 saturated heterocycles. The first-order valence-corrected chi connectivity index (χ1v) is 11.1. The number of H-pyrrole nitrogens is 1. The van der Waals surface area contributed by atoms with Crippen LogP contribution in [0.4, 0.5) is 10.1 Å². The number of carbonyl (C=O) groups is 1. The fraction of sp³-hybridized carbons (Fsp3) is 0.211. The summed E-state index contributed by atoms with van der Waals surface area (Å²) in [6.45, 7) is 0. The van der Waals surface area contributed by atoms with Gasteiger partial charge < -0.3 is 8.38 Å². The maximum absolute atomic E-state index is 13.7. The number of carbonyl (C=O) groups excluding carboxylic acids is 1. The van der Waals surface area contributed by atoms with Crippen LogP contribution in [0.15, 0.2) is 42.2 Å². The number of aromatic amines is 1. The molecule has 0 aromatic carbocycles. The van der Waals surface area contributed by atoms with Gasteiger partial charge in [0.1, 0.15) is 39.4 Å². The molecule has 12 heteroatoms. The topological polar surface area (TPSA) is 111 Å². The first kappa shape index (κ1) is 20.2. The molecule has 0 bridgehead atoms. The van der Waals surface area contributed by atoms with Crippen LogP contribution in [0.2, 0.25) is 0 Å². The van der Waals surface area contributed by atoms with E-state index in [1.807, 2.05) is 23.0 Å². The molecule has 158 valence electrons. The van der Waals surface area contributed by atoms with Crippen LogP contribution >= 0.6 is 34.3 Å². The van der Waals surface area contributed by atoms with Crippen molar-refractivity contribution in [2.45, 2.75) is 25.0 Å². The molecule has 0 radical (unpaired) electrons. The normalized spacial score (nSPS) is 18.0. The molecule has 31 heavy (non-hydrogen) atoms. The molecule has 4 aromatic heterocycles. The predicted molar refractivity (Wildman–Crippen MR) is 120 cm³/mol. The highest BCUT2D eigenvalue weighted by molar-refractivity contribution is 14.1. The van der Waals surface area contributed by atoms with Crippen molar-refractivity contribution in [3.8, 4) is 22.0 Å². The second-order valence-electron chi connectivity index (χ2n) is 7.03. The average Bonchev–Trinajstić information content (AvgIpc) is 3.48. The smallest absolute Gasteiger partial charge is 0.275 e. The van der Waals surface area contributed by atoms with Crippen LogP contribution < -0.4 is 5.32 Å². The minimum absolute atomic E-state index is 0.143. The van der Waals surface area contributed by atoms with Crippen molar-refractivity contribution in [1.29, 1.82) is 0 Å². The van der Waals surface area contributed by atoms with Gasteiger partial charge in [0, 0.05) is 23.3 Å². The third kappa shape index (κ3) is 4.09. The fourth-order valence-electron chi connectivity index (χ4n) is 3.29. The van der Waals surface area contributed by atoms with Gasteiger partial charge in [-0.2, -0.15) is 14.6 Å². The summed E-state index contributed by atoms with van der Waals surface area (Å²) in [6, 6.07) is 4.62. The standard InChI is InChI=1S/C19H15FIN7O2S/c20-16-3-1-2-13(24-16)17-14(8-28(27-17)11-4-12(5-11)30-21)25-18(29)15-9-31-19(26-15)10-6-22-23-7-10/h1-3,6-9,11-12H,4-5H2,(H,22,23)(H,25,29)/t11-,12+. The lowest BCUT2D eigenvalue weighted by Crippen LogP contribution is -2.31. The van der Waals surface area contributed by atoms with Crippen LogP contribution in [0.3, 0.4) is 0 Å². The number of pyridine rings is 1. The van der Waals surface area contributed by atoms with E-state index in [1.165, 1.54) is 17.4 Å². The van der Waals surface area contributed by atoms with Gasteiger partial charge in [0.05, 0.1) is 29.7 Å². The Kier molecular flexibility index (Phi) is 5.50. The average molecular weight is 551 g/mol. The van der Waals surface area contributed by atoms with Gasteiger partial charge in [0.15, 0.2) is 0 Å². The monoisotopic (exact) mass is 551 g/mol. The Morgan fingerprint density at radius 1 is 1.35 bits per heavy atom. The molecule has 4 aromatic rings. The van der Waals surface area contributed by atoms with Crippen molar-refractivity contribution in [3.05, 3.63) is 53.8 Å². The van der Waals surface area contributed by atoms with Crippen molar-refractivity contribution in [2.75, 3.05) is 5.32 Å². The Morgan fingerprint density at radius 2 is 2.23 bits per heavy atom. The summed E-state index contributed by atoms with van der Waals surface area (Å²) in [5.74, 6) is -0.999. The zero-order valence-electron chi connectivity index (χ0n) is 15.8. The van der Waals surface area contributed by atoms with E-state index in [4.69, 9.17) is 3.07 Å². The van der Waals surface area contributed by atoms with E-state index in [9.17, 15) is 9.18 Å². The SMILES string of the molecule is O=C(Nc1cn([C@H]2C[C@@H](OI)C2)nc1-c1cccc(F)n1)c1csc(-c2cn[nH]c2)n1. The molecule has 0 atom stereocenters. The van der Waals surface area contributed by atoms with E-state index in [1.54, 1.807) is 40.8 Å². The van der Waals surface area contributed by atoms with Crippen molar-refractivity contribution >= 4 is 45.9 Å². The molecule has 1 amide bonds. The van der Waals surface area contributed by atoms with Crippen LogP contribution in [0.5, 0.6) is 0 Å². The number of hydrogen-bond donors (Lipinski definition) is 2. The summed E-state index contributed by atoms with van der Waals surface area (Å²) in [5.41, 5.74) is 2.26. The number of hydrogen-bond acceptors (Lipinski definition) is 7. The molecule has 1 fully saturated rings. The Morgan fingerprint density at radius 3 is 2.97 bits per heavy atom. The third-order valence-corrected chi connectivity index (χ3v) is 6.60. The van der Waals surface area contributed by atoms with Crippen LogP contribution in [0.1, 0.15) is 29.4 Å². The van der Waals surface area contributed by atoms with Gasteiger partial charge in [-0.05, 0) is 25.0 Å². The summed E-state index contributed by atoms with van der Waals surface area (Å²) >= 11 is 3.24. The molecule has 5 rings (SSSR count). The fourth-order valence-corrected chi connectivity index (χ4v) is 4.49. The third-order valence-electron chi connectivity index (χ3n) is 4.99. The van der Waals surface area contributed by atoms with Crippen LogP contribution in [-0.4, -0.2) is 42.0 Å². The van der Waals surface area contributed by atoms with Crippen molar-refractivity contribution in [3.63, 3.8) is 0 Å². The minimum Gasteiger partial charge on any atom is -0.317 e. The molecule has 0 spiro atoms. The summed E-state index contributed by atoms with van der Waals surface area (Å²) in [7, 11) is 0. The zero-order valence-corrected chi connectivity index (χ0v) is 18.8. The molecule has 1 saturated carbocycles. The highest BCUT2D eigenvalue weighted by atomic mass is 127.